The molecule has 0 spiro atoms. The van der Waals surface area contributed by atoms with Crippen molar-refractivity contribution in [3.8, 4) is 22.8 Å². The van der Waals surface area contributed by atoms with E-state index in [4.69, 9.17) is 9.47 Å². The molecule has 1 aromatic heterocycles. The number of nitrogens with zero attached hydrogens (tertiary/aromatic N) is 2. The molecule has 0 aliphatic heterocycles. The number of hydrogen-bond acceptors (Lipinski definition) is 6. The number of benzene rings is 3. The fraction of sp³-hybridized carbons (Fsp3) is 0.120. The van der Waals surface area contributed by atoms with Gasteiger partial charge in [-0.25, -0.2) is 4.98 Å². The Hall–Kier alpha value is -3.64. The molecule has 31 heavy (non-hydrogen) atoms. The predicted molar refractivity (Wildman–Crippen MR) is 127 cm³/mol. The van der Waals surface area contributed by atoms with E-state index < -0.39 is 0 Å². The van der Waals surface area contributed by atoms with Crippen molar-refractivity contribution in [3.63, 3.8) is 0 Å². The molecule has 1 N–H and O–H groups in total. The van der Waals surface area contributed by atoms with Gasteiger partial charge in [-0.15, -0.1) is 11.3 Å². The molecule has 0 fully saturated rings. The van der Waals surface area contributed by atoms with Gasteiger partial charge < -0.3 is 9.47 Å². The smallest absolute Gasteiger partial charge is 0.204 e. The molecule has 4 rings (SSSR count). The highest BCUT2D eigenvalue weighted by molar-refractivity contribution is 7.15. The van der Waals surface area contributed by atoms with Gasteiger partial charge in [0, 0.05) is 10.4 Å². The summed E-state index contributed by atoms with van der Waals surface area (Å²) in [6, 6.07) is 25.9. The number of hydrogen-bond donors (Lipinski definition) is 1. The zero-order chi connectivity index (χ0) is 21.5. The van der Waals surface area contributed by atoms with E-state index in [0.29, 0.717) is 18.1 Å². The standard InChI is InChI=1S/C25H23N3O2S/c1-18-24(21-11-7-4-8-12-21)27-25(31-18)28-26-16-20-13-14-22(23(15-20)29-2)30-17-19-9-5-3-6-10-19/h3-16H,17H2,1-2H3,(H,27,28)/b26-16+. The van der Waals surface area contributed by atoms with Crippen LogP contribution in [0.3, 0.4) is 0 Å². The molecule has 0 amide bonds. The SMILES string of the molecule is COc1cc(/C=N/Nc2nc(-c3ccccc3)c(C)s2)ccc1OCc1ccccc1. The summed E-state index contributed by atoms with van der Waals surface area (Å²) >= 11 is 1.58. The van der Waals surface area contributed by atoms with Gasteiger partial charge in [0.25, 0.3) is 0 Å². The number of hydrazone groups is 1. The average molecular weight is 430 g/mol. The number of nitrogens with one attached hydrogen (secondary N) is 1. The van der Waals surface area contributed by atoms with Crippen molar-refractivity contribution in [1.29, 1.82) is 0 Å². The lowest BCUT2D eigenvalue weighted by molar-refractivity contribution is 0.284. The first kappa shape index (κ1) is 20.6. The second-order valence-electron chi connectivity index (χ2n) is 6.84. The van der Waals surface area contributed by atoms with E-state index in [1.54, 1.807) is 24.7 Å². The van der Waals surface area contributed by atoms with Crippen LogP contribution in [-0.2, 0) is 6.61 Å². The summed E-state index contributed by atoms with van der Waals surface area (Å²) in [5.41, 5.74) is 7.11. The molecule has 1 heterocycles. The Kier molecular flexibility index (Phi) is 6.59. The van der Waals surface area contributed by atoms with E-state index in [-0.39, 0.29) is 0 Å². The minimum Gasteiger partial charge on any atom is -0.493 e. The van der Waals surface area contributed by atoms with Crippen molar-refractivity contribution < 1.29 is 9.47 Å². The van der Waals surface area contributed by atoms with Crippen LogP contribution in [-0.4, -0.2) is 18.3 Å². The largest absolute Gasteiger partial charge is 0.493 e. The van der Waals surface area contributed by atoms with E-state index in [1.165, 1.54) is 0 Å². The molecule has 4 aromatic rings. The van der Waals surface area contributed by atoms with Crippen molar-refractivity contribution >= 4 is 22.7 Å². The normalized spacial score (nSPS) is 10.9. The zero-order valence-corrected chi connectivity index (χ0v) is 18.2. The Balaban J connectivity index is 1.41. The van der Waals surface area contributed by atoms with Crippen LogP contribution in [0.15, 0.2) is 84.0 Å². The van der Waals surface area contributed by atoms with Crippen molar-refractivity contribution in [2.45, 2.75) is 13.5 Å². The van der Waals surface area contributed by atoms with Gasteiger partial charge >= 0.3 is 0 Å². The predicted octanol–water partition coefficient (Wildman–Crippen LogP) is 6.15. The van der Waals surface area contributed by atoms with Gasteiger partial charge in [0.05, 0.1) is 19.0 Å². The molecule has 0 unspecified atom stereocenters. The number of aryl methyl sites for hydroxylation is 1. The van der Waals surface area contributed by atoms with Crippen LogP contribution in [0, 0.1) is 6.92 Å². The van der Waals surface area contributed by atoms with Crippen molar-refractivity contribution in [3.05, 3.63) is 94.9 Å². The Morgan fingerprint density at radius 3 is 2.45 bits per heavy atom. The fourth-order valence-corrected chi connectivity index (χ4v) is 3.87. The third-order valence-electron chi connectivity index (χ3n) is 4.64. The van der Waals surface area contributed by atoms with Crippen molar-refractivity contribution in [1.82, 2.24) is 4.98 Å². The summed E-state index contributed by atoms with van der Waals surface area (Å²) in [7, 11) is 1.63. The van der Waals surface area contributed by atoms with Crippen LogP contribution in [0.4, 0.5) is 5.13 Å². The summed E-state index contributed by atoms with van der Waals surface area (Å²) in [5.74, 6) is 1.36. The van der Waals surface area contributed by atoms with Crippen LogP contribution in [0.5, 0.6) is 11.5 Å². The van der Waals surface area contributed by atoms with Gasteiger partial charge in [-0.1, -0.05) is 60.7 Å². The second kappa shape index (κ2) is 9.91. The number of anilines is 1. The Labute approximate surface area is 186 Å². The first-order valence-corrected chi connectivity index (χ1v) is 10.7. The van der Waals surface area contributed by atoms with E-state index in [9.17, 15) is 0 Å². The Bertz CT molecular complexity index is 1160. The highest BCUT2D eigenvalue weighted by Gasteiger charge is 2.09. The molecule has 0 saturated carbocycles. The first-order valence-electron chi connectivity index (χ1n) is 9.89. The minimum absolute atomic E-state index is 0.485. The maximum Gasteiger partial charge on any atom is 0.204 e. The highest BCUT2D eigenvalue weighted by atomic mass is 32.1. The maximum absolute atomic E-state index is 5.91. The van der Waals surface area contributed by atoms with E-state index in [2.05, 4.69) is 34.6 Å². The van der Waals surface area contributed by atoms with E-state index >= 15 is 0 Å². The molecule has 0 radical (unpaired) electrons. The van der Waals surface area contributed by atoms with Gasteiger partial charge in [0.2, 0.25) is 5.13 Å². The third kappa shape index (κ3) is 5.29. The first-order chi connectivity index (χ1) is 15.2. The Morgan fingerprint density at radius 1 is 0.968 bits per heavy atom. The lowest BCUT2D eigenvalue weighted by Crippen LogP contribution is -1.98. The topological polar surface area (TPSA) is 55.7 Å². The summed E-state index contributed by atoms with van der Waals surface area (Å²) in [5, 5.41) is 5.09. The minimum atomic E-state index is 0.485. The highest BCUT2D eigenvalue weighted by Crippen LogP contribution is 2.30. The van der Waals surface area contributed by atoms with Crippen molar-refractivity contribution in [2.75, 3.05) is 12.5 Å². The fourth-order valence-electron chi connectivity index (χ4n) is 3.09. The van der Waals surface area contributed by atoms with Gasteiger partial charge in [-0.3, -0.25) is 5.43 Å². The Morgan fingerprint density at radius 2 is 1.71 bits per heavy atom. The van der Waals surface area contributed by atoms with Crippen LogP contribution >= 0.6 is 11.3 Å². The van der Waals surface area contributed by atoms with E-state index in [0.717, 1.165) is 32.4 Å². The molecule has 0 saturated heterocycles. The van der Waals surface area contributed by atoms with Gasteiger partial charge in [0.15, 0.2) is 11.5 Å². The van der Waals surface area contributed by atoms with Gasteiger partial charge in [-0.05, 0) is 36.2 Å². The average Bonchev–Trinajstić information content (AvgIpc) is 3.19. The molecule has 0 aliphatic carbocycles. The molecular formula is C25H23N3O2S. The third-order valence-corrected chi connectivity index (χ3v) is 5.52. The van der Waals surface area contributed by atoms with Crippen LogP contribution in [0.1, 0.15) is 16.0 Å². The van der Waals surface area contributed by atoms with E-state index in [1.807, 2.05) is 66.7 Å². The van der Waals surface area contributed by atoms with Crippen LogP contribution in [0.25, 0.3) is 11.3 Å². The molecule has 156 valence electrons. The van der Waals surface area contributed by atoms with Crippen LogP contribution in [0.2, 0.25) is 0 Å². The number of thiazole rings is 1. The van der Waals surface area contributed by atoms with Crippen LogP contribution < -0.4 is 14.9 Å². The quantitative estimate of drug-likeness (QED) is 0.269. The molecule has 0 bridgehead atoms. The van der Waals surface area contributed by atoms with Gasteiger partial charge in [-0.2, -0.15) is 5.10 Å². The molecule has 0 aliphatic rings. The zero-order valence-electron chi connectivity index (χ0n) is 17.4. The molecule has 0 atom stereocenters. The molecule has 3 aromatic carbocycles. The molecule has 6 heteroatoms. The maximum atomic E-state index is 5.91. The lowest BCUT2D eigenvalue weighted by atomic mass is 10.1. The summed E-state index contributed by atoms with van der Waals surface area (Å²) in [4.78, 5) is 5.81. The summed E-state index contributed by atoms with van der Waals surface area (Å²) < 4.78 is 11.4. The monoisotopic (exact) mass is 429 g/mol. The number of methoxy groups -OCH3 is 1. The number of rotatable bonds is 8. The molecular weight excluding hydrogens is 406 g/mol. The summed E-state index contributed by atoms with van der Waals surface area (Å²) in [6.07, 6.45) is 1.74. The second-order valence-corrected chi connectivity index (χ2v) is 8.05. The number of ether oxygens (including phenoxy) is 2. The van der Waals surface area contributed by atoms with Gasteiger partial charge in [0.1, 0.15) is 6.61 Å². The molecule has 5 nitrogen and oxygen atoms in total. The number of aromatic nitrogens is 1. The van der Waals surface area contributed by atoms with Crippen molar-refractivity contribution in [2.24, 2.45) is 5.10 Å². The summed E-state index contributed by atoms with van der Waals surface area (Å²) in [6.45, 7) is 2.55. The lowest BCUT2D eigenvalue weighted by Gasteiger charge is -2.11.